The lowest BCUT2D eigenvalue weighted by Crippen LogP contribution is -2.26. The summed E-state index contributed by atoms with van der Waals surface area (Å²) < 4.78 is 37.7. The van der Waals surface area contributed by atoms with E-state index in [0.717, 1.165) is 23.7 Å². The highest BCUT2D eigenvalue weighted by Crippen LogP contribution is 2.25. The van der Waals surface area contributed by atoms with E-state index in [1.807, 2.05) is 0 Å². The van der Waals surface area contributed by atoms with E-state index in [9.17, 15) is 9.90 Å². The number of amides is 1. The zero-order valence-corrected chi connectivity index (χ0v) is 29.2. The molecule has 0 aliphatic heterocycles. The summed E-state index contributed by atoms with van der Waals surface area (Å²) in [7, 11) is 0. The average molecular weight is 720 g/mol. The molecule has 284 valence electrons. The molecule has 0 radical (unpaired) electrons. The van der Waals surface area contributed by atoms with Crippen LogP contribution < -0.4 is 16.4 Å². The standard InChI is InChI=1S/C34H53N7O10/c35-32(29-24-26-23-27(43)3-4-28(26)41-29)31-33(36)39-25-40-34(31)38-7-2-1-6-37-30(44)5-9-45-11-13-47-15-17-49-19-21-51-22-20-50-18-16-48-14-12-46-10-8-42/h3-4,23-25,35,41-43H,1-2,5-22H2,(H,37,44)(H3,36,38,39,40). The molecule has 2 aromatic heterocycles. The minimum Gasteiger partial charge on any atom is -0.508 e. The number of phenolic OH excluding ortho intramolecular Hbond substituents is 1. The number of ether oxygens (including phenoxy) is 7. The van der Waals surface area contributed by atoms with Gasteiger partial charge in [-0.15, -0.1) is 0 Å². The van der Waals surface area contributed by atoms with E-state index in [4.69, 9.17) is 49.4 Å². The zero-order valence-electron chi connectivity index (χ0n) is 29.2. The fourth-order valence-corrected chi connectivity index (χ4v) is 4.59. The third-order valence-corrected chi connectivity index (χ3v) is 7.16. The molecule has 0 aliphatic carbocycles. The summed E-state index contributed by atoms with van der Waals surface area (Å²) in [5.74, 6) is 0.697. The number of carbonyl (C=O) groups is 1. The summed E-state index contributed by atoms with van der Waals surface area (Å²) in [6.45, 7) is 7.21. The lowest BCUT2D eigenvalue weighted by Gasteiger charge is -2.13. The molecular weight excluding hydrogens is 666 g/mol. The molecule has 0 atom stereocenters. The lowest BCUT2D eigenvalue weighted by atomic mass is 10.1. The van der Waals surface area contributed by atoms with Gasteiger partial charge in [0.2, 0.25) is 5.91 Å². The third-order valence-electron chi connectivity index (χ3n) is 7.16. The molecule has 1 aromatic carbocycles. The number of phenols is 1. The SMILES string of the molecule is N=C(c1cc2cc(O)ccc2[nH]1)c1c(N)ncnc1NCCCCNC(=O)CCOCCOCCOCCOCCOCCOCCOCCO. The number of nitrogens with one attached hydrogen (secondary N) is 4. The second-order valence-electron chi connectivity index (χ2n) is 11.1. The molecule has 0 saturated heterocycles. The van der Waals surface area contributed by atoms with Crippen molar-refractivity contribution < 1.29 is 48.2 Å². The largest absolute Gasteiger partial charge is 0.508 e. The highest BCUT2D eigenvalue weighted by Gasteiger charge is 2.18. The van der Waals surface area contributed by atoms with Crippen molar-refractivity contribution in [2.45, 2.75) is 19.3 Å². The smallest absolute Gasteiger partial charge is 0.222 e. The van der Waals surface area contributed by atoms with Crippen LogP contribution in [-0.2, 0) is 38.0 Å². The van der Waals surface area contributed by atoms with Crippen molar-refractivity contribution in [2.24, 2.45) is 0 Å². The topological polar surface area (TPSA) is 238 Å². The first-order valence-electron chi connectivity index (χ1n) is 17.2. The van der Waals surface area contributed by atoms with Crippen molar-refractivity contribution in [2.75, 3.05) is 123 Å². The number of benzene rings is 1. The van der Waals surface area contributed by atoms with Crippen LogP contribution in [0.25, 0.3) is 10.9 Å². The summed E-state index contributed by atoms with van der Waals surface area (Å²) in [5.41, 5.74) is 7.96. The quantitative estimate of drug-likeness (QED) is 0.0368. The monoisotopic (exact) mass is 719 g/mol. The predicted octanol–water partition coefficient (Wildman–Crippen LogP) is 1.47. The van der Waals surface area contributed by atoms with Gasteiger partial charge in [0.05, 0.1) is 116 Å². The number of aliphatic hydroxyl groups excluding tert-OH is 1. The van der Waals surface area contributed by atoms with Gasteiger partial charge in [0.15, 0.2) is 0 Å². The molecule has 0 aliphatic rings. The average Bonchev–Trinajstić information content (AvgIpc) is 3.55. The first kappa shape index (κ1) is 41.5. The zero-order chi connectivity index (χ0) is 36.4. The van der Waals surface area contributed by atoms with Crippen LogP contribution in [0, 0.1) is 5.41 Å². The van der Waals surface area contributed by atoms with Gasteiger partial charge in [-0.3, -0.25) is 10.2 Å². The van der Waals surface area contributed by atoms with Gasteiger partial charge in [0, 0.05) is 30.4 Å². The Hall–Kier alpha value is -3.94. The number of nitrogens with zero attached hydrogens (tertiary/aromatic N) is 2. The van der Waals surface area contributed by atoms with Crippen LogP contribution in [-0.4, -0.2) is 149 Å². The number of fused-ring (bicyclic) bond motifs is 1. The number of aromatic amines is 1. The van der Waals surface area contributed by atoms with E-state index in [2.05, 4.69) is 25.6 Å². The molecule has 0 saturated carbocycles. The Kier molecular flexibility index (Phi) is 21.1. The number of H-pyrrole nitrogens is 1. The number of anilines is 2. The van der Waals surface area contributed by atoms with Gasteiger partial charge in [-0.05, 0) is 37.1 Å². The van der Waals surface area contributed by atoms with Gasteiger partial charge < -0.3 is 64.7 Å². The first-order valence-corrected chi connectivity index (χ1v) is 17.2. The van der Waals surface area contributed by atoms with Crippen molar-refractivity contribution in [1.82, 2.24) is 20.3 Å². The number of aromatic hydroxyl groups is 1. The molecular formula is C34H53N7O10. The predicted molar refractivity (Wildman–Crippen MR) is 191 cm³/mol. The Morgan fingerprint density at radius 2 is 1.31 bits per heavy atom. The molecule has 3 aromatic rings. The maximum atomic E-state index is 12.1. The first-order chi connectivity index (χ1) is 25.0. The van der Waals surface area contributed by atoms with Gasteiger partial charge in [-0.1, -0.05) is 0 Å². The maximum Gasteiger partial charge on any atom is 0.222 e. The van der Waals surface area contributed by atoms with E-state index < -0.39 is 0 Å². The number of aliphatic hydroxyl groups is 1. The molecule has 0 spiro atoms. The van der Waals surface area contributed by atoms with E-state index in [0.29, 0.717) is 123 Å². The highest BCUT2D eigenvalue weighted by atomic mass is 16.6. The van der Waals surface area contributed by atoms with Crippen molar-refractivity contribution in [3.63, 3.8) is 0 Å². The number of rotatable bonds is 31. The van der Waals surface area contributed by atoms with E-state index in [1.54, 1.807) is 24.3 Å². The van der Waals surface area contributed by atoms with Crippen molar-refractivity contribution >= 4 is 34.2 Å². The lowest BCUT2D eigenvalue weighted by molar-refractivity contribution is -0.122. The minimum atomic E-state index is -0.0807. The Morgan fingerprint density at radius 3 is 1.90 bits per heavy atom. The van der Waals surface area contributed by atoms with Crippen LogP contribution in [0.15, 0.2) is 30.6 Å². The number of hydrogen-bond donors (Lipinski definition) is 7. The van der Waals surface area contributed by atoms with Crippen molar-refractivity contribution in [1.29, 1.82) is 5.41 Å². The number of hydrogen-bond acceptors (Lipinski definition) is 15. The molecule has 17 heteroatoms. The molecule has 3 rings (SSSR count). The third kappa shape index (κ3) is 17.2. The summed E-state index contributed by atoms with van der Waals surface area (Å²) in [6.07, 6.45) is 3.11. The summed E-state index contributed by atoms with van der Waals surface area (Å²) in [4.78, 5) is 23.6. The molecule has 0 bridgehead atoms. The second kappa shape index (κ2) is 25.9. The Morgan fingerprint density at radius 1 is 0.765 bits per heavy atom. The normalized spacial score (nSPS) is 11.3. The van der Waals surface area contributed by atoms with Crippen LogP contribution in [0.3, 0.4) is 0 Å². The van der Waals surface area contributed by atoms with Gasteiger partial charge in [0.1, 0.15) is 23.7 Å². The summed E-state index contributed by atoms with van der Waals surface area (Å²) in [6, 6.07) is 6.71. The van der Waals surface area contributed by atoms with Crippen molar-refractivity contribution in [3.8, 4) is 5.75 Å². The summed E-state index contributed by atoms with van der Waals surface area (Å²) >= 11 is 0. The summed E-state index contributed by atoms with van der Waals surface area (Å²) in [5, 5.41) is 34.0. The molecule has 17 nitrogen and oxygen atoms in total. The molecule has 0 fully saturated rings. The number of carbonyl (C=O) groups excluding carboxylic acids is 1. The fourth-order valence-electron chi connectivity index (χ4n) is 4.59. The van der Waals surface area contributed by atoms with E-state index in [1.165, 1.54) is 6.33 Å². The number of nitrogens with two attached hydrogens (primary N) is 1. The van der Waals surface area contributed by atoms with E-state index in [-0.39, 0.29) is 36.2 Å². The van der Waals surface area contributed by atoms with Crippen LogP contribution in [0.1, 0.15) is 30.5 Å². The minimum absolute atomic E-state index is 0.0124. The Balaban J connectivity index is 1.10. The number of unbranched alkanes of at least 4 members (excludes halogenated alkanes) is 1. The van der Waals surface area contributed by atoms with Crippen molar-refractivity contribution in [3.05, 3.63) is 41.9 Å². The molecule has 51 heavy (non-hydrogen) atoms. The van der Waals surface area contributed by atoms with E-state index >= 15 is 0 Å². The van der Waals surface area contributed by atoms with Crippen LogP contribution in [0.2, 0.25) is 0 Å². The second-order valence-corrected chi connectivity index (χ2v) is 11.1. The van der Waals surface area contributed by atoms with Gasteiger partial charge in [0.25, 0.3) is 0 Å². The van der Waals surface area contributed by atoms with Gasteiger partial charge >= 0.3 is 0 Å². The Labute approximate surface area is 298 Å². The fraction of sp³-hybridized carbons (Fsp3) is 0.588. The maximum absolute atomic E-state index is 12.1. The molecule has 1 amide bonds. The highest BCUT2D eigenvalue weighted by molar-refractivity contribution is 6.16. The number of aromatic nitrogens is 3. The van der Waals surface area contributed by atoms with Gasteiger partial charge in [-0.25, -0.2) is 9.97 Å². The Bertz CT molecular complexity index is 1410. The molecule has 2 heterocycles. The van der Waals surface area contributed by atoms with Crippen LogP contribution in [0.5, 0.6) is 5.75 Å². The molecule has 8 N–H and O–H groups in total. The van der Waals surface area contributed by atoms with Crippen LogP contribution >= 0.6 is 0 Å². The van der Waals surface area contributed by atoms with Gasteiger partial charge in [-0.2, -0.15) is 0 Å². The van der Waals surface area contributed by atoms with Crippen LogP contribution in [0.4, 0.5) is 11.6 Å². The number of nitrogen functional groups attached to an aromatic ring is 1. The molecule has 0 unspecified atom stereocenters.